The Kier molecular flexibility index (Phi) is 5.00. The van der Waals surface area contributed by atoms with E-state index in [-0.39, 0.29) is 17.6 Å². The molecule has 1 unspecified atom stereocenters. The van der Waals surface area contributed by atoms with Crippen molar-refractivity contribution in [1.82, 2.24) is 14.9 Å². The number of likely N-dealkylation sites (N-methyl/N-ethyl adjacent to an activating group) is 1. The van der Waals surface area contributed by atoms with E-state index in [1.807, 2.05) is 25.1 Å². The lowest BCUT2D eigenvalue weighted by Gasteiger charge is -2.25. The highest BCUT2D eigenvalue weighted by Gasteiger charge is 2.15. The molecule has 22 heavy (non-hydrogen) atoms. The molecule has 0 aliphatic rings. The summed E-state index contributed by atoms with van der Waals surface area (Å²) in [5.74, 6) is -0.937. The number of hydrogen-bond acceptors (Lipinski definition) is 5. The van der Waals surface area contributed by atoms with Crippen molar-refractivity contribution in [3.8, 4) is 0 Å². The van der Waals surface area contributed by atoms with Crippen LogP contribution in [0.2, 0.25) is 0 Å². The summed E-state index contributed by atoms with van der Waals surface area (Å²) in [4.78, 5) is 20.5. The molecule has 116 valence electrons. The molecular formula is C15H17FN4O2. The molecule has 2 rings (SSSR count). The van der Waals surface area contributed by atoms with Gasteiger partial charge in [0.15, 0.2) is 5.69 Å². The second-order valence-electron chi connectivity index (χ2n) is 5.01. The lowest BCUT2D eigenvalue weighted by atomic mass is 10.1. The number of hydrogen-bond donors (Lipinski definition) is 2. The van der Waals surface area contributed by atoms with E-state index in [0.717, 1.165) is 5.56 Å². The van der Waals surface area contributed by atoms with E-state index in [4.69, 9.17) is 5.11 Å². The Bertz CT molecular complexity index is 646. The maximum absolute atomic E-state index is 13.4. The van der Waals surface area contributed by atoms with Gasteiger partial charge < -0.3 is 15.3 Å². The van der Waals surface area contributed by atoms with Crippen molar-refractivity contribution in [2.45, 2.75) is 6.04 Å². The SMILES string of the molecule is CN(C)C(CNc1cnc(C(=O)O)cn1)c1cccc(F)c1. The first-order valence-corrected chi connectivity index (χ1v) is 6.68. The highest BCUT2D eigenvalue weighted by Crippen LogP contribution is 2.19. The van der Waals surface area contributed by atoms with Crippen LogP contribution in [0.1, 0.15) is 22.1 Å². The molecule has 7 heteroatoms. The first-order valence-electron chi connectivity index (χ1n) is 6.68. The Morgan fingerprint density at radius 1 is 1.36 bits per heavy atom. The fourth-order valence-electron chi connectivity index (χ4n) is 2.04. The average Bonchev–Trinajstić information content (AvgIpc) is 2.47. The van der Waals surface area contributed by atoms with Crippen molar-refractivity contribution in [3.05, 3.63) is 53.7 Å². The highest BCUT2D eigenvalue weighted by molar-refractivity contribution is 5.84. The van der Waals surface area contributed by atoms with E-state index >= 15 is 0 Å². The van der Waals surface area contributed by atoms with Gasteiger partial charge in [0.1, 0.15) is 11.6 Å². The van der Waals surface area contributed by atoms with Gasteiger partial charge in [-0.2, -0.15) is 0 Å². The van der Waals surface area contributed by atoms with Crippen molar-refractivity contribution in [2.75, 3.05) is 26.0 Å². The Hall–Kier alpha value is -2.54. The van der Waals surface area contributed by atoms with Gasteiger partial charge in [0.2, 0.25) is 0 Å². The number of benzene rings is 1. The van der Waals surface area contributed by atoms with Gasteiger partial charge in [-0.1, -0.05) is 12.1 Å². The van der Waals surface area contributed by atoms with Crippen molar-refractivity contribution in [2.24, 2.45) is 0 Å². The smallest absolute Gasteiger partial charge is 0.356 e. The van der Waals surface area contributed by atoms with E-state index in [1.165, 1.54) is 24.5 Å². The predicted octanol–water partition coefficient (Wildman–Crippen LogP) is 2.03. The number of aromatic nitrogens is 2. The van der Waals surface area contributed by atoms with Gasteiger partial charge in [0.05, 0.1) is 18.4 Å². The van der Waals surface area contributed by atoms with E-state index in [2.05, 4.69) is 15.3 Å². The fraction of sp³-hybridized carbons (Fsp3) is 0.267. The summed E-state index contributed by atoms with van der Waals surface area (Å²) in [5, 5.41) is 11.9. The minimum Gasteiger partial charge on any atom is -0.476 e. The van der Waals surface area contributed by atoms with Gasteiger partial charge in [-0.3, -0.25) is 0 Å². The molecule has 6 nitrogen and oxygen atoms in total. The molecular weight excluding hydrogens is 287 g/mol. The molecule has 0 amide bonds. The Morgan fingerprint density at radius 2 is 2.14 bits per heavy atom. The number of carbonyl (C=O) groups is 1. The molecule has 2 N–H and O–H groups in total. The van der Waals surface area contributed by atoms with Gasteiger partial charge in [-0.05, 0) is 31.8 Å². The van der Waals surface area contributed by atoms with Crippen molar-refractivity contribution in [1.29, 1.82) is 0 Å². The summed E-state index contributed by atoms with van der Waals surface area (Å²) >= 11 is 0. The molecule has 1 heterocycles. The molecule has 2 aromatic rings. The minimum absolute atomic E-state index is 0.0587. The third kappa shape index (κ3) is 3.98. The van der Waals surface area contributed by atoms with Crippen LogP contribution in [0.25, 0.3) is 0 Å². The Balaban J connectivity index is 2.07. The third-order valence-corrected chi connectivity index (χ3v) is 3.20. The Labute approximate surface area is 127 Å². The molecule has 0 fully saturated rings. The first kappa shape index (κ1) is 15.8. The number of anilines is 1. The van der Waals surface area contributed by atoms with E-state index in [1.54, 1.807) is 6.07 Å². The van der Waals surface area contributed by atoms with E-state index in [0.29, 0.717) is 12.4 Å². The molecule has 0 radical (unpaired) electrons. The predicted molar refractivity (Wildman–Crippen MR) is 80.3 cm³/mol. The van der Waals surface area contributed by atoms with Gasteiger partial charge in [0, 0.05) is 6.54 Å². The topological polar surface area (TPSA) is 78.4 Å². The van der Waals surface area contributed by atoms with Crippen molar-refractivity contribution >= 4 is 11.8 Å². The molecule has 0 aliphatic heterocycles. The standard InChI is InChI=1S/C15H17FN4O2/c1-20(2)13(10-4-3-5-11(16)6-10)8-19-14-9-17-12(7-18-14)15(21)22/h3-7,9,13H,8H2,1-2H3,(H,18,19)(H,21,22). The van der Waals surface area contributed by atoms with Crippen LogP contribution < -0.4 is 5.32 Å². The van der Waals surface area contributed by atoms with Crippen LogP contribution in [0.4, 0.5) is 10.2 Å². The number of rotatable bonds is 6. The summed E-state index contributed by atoms with van der Waals surface area (Å²) < 4.78 is 13.4. The van der Waals surface area contributed by atoms with Crippen LogP contribution in [0.5, 0.6) is 0 Å². The fourth-order valence-corrected chi connectivity index (χ4v) is 2.04. The summed E-state index contributed by atoms with van der Waals surface area (Å²) in [6.07, 6.45) is 2.55. The summed E-state index contributed by atoms with van der Waals surface area (Å²) in [6, 6.07) is 6.36. The Morgan fingerprint density at radius 3 is 2.68 bits per heavy atom. The molecule has 0 spiro atoms. The zero-order valence-corrected chi connectivity index (χ0v) is 12.3. The van der Waals surface area contributed by atoms with Gasteiger partial charge >= 0.3 is 5.97 Å². The van der Waals surface area contributed by atoms with E-state index in [9.17, 15) is 9.18 Å². The largest absolute Gasteiger partial charge is 0.476 e. The lowest BCUT2D eigenvalue weighted by molar-refractivity contribution is 0.0690. The number of halogens is 1. The molecule has 0 bridgehead atoms. The maximum atomic E-state index is 13.4. The summed E-state index contributed by atoms with van der Waals surface area (Å²) in [6.45, 7) is 0.484. The van der Waals surface area contributed by atoms with Crippen LogP contribution in [-0.4, -0.2) is 46.6 Å². The van der Waals surface area contributed by atoms with Gasteiger partial charge in [0.25, 0.3) is 0 Å². The molecule has 1 atom stereocenters. The number of aromatic carboxylic acids is 1. The number of nitrogens with zero attached hydrogens (tertiary/aromatic N) is 3. The second-order valence-corrected chi connectivity index (χ2v) is 5.01. The van der Waals surface area contributed by atoms with Crippen LogP contribution in [0.3, 0.4) is 0 Å². The summed E-state index contributed by atoms with van der Waals surface area (Å²) in [7, 11) is 3.80. The van der Waals surface area contributed by atoms with Crippen LogP contribution >= 0.6 is 0 Å². The van der Waals surface area contributed by atoms with Gasteiger partial charge in [-0.15, -0.1) is 0 Å². The van der Waals surface area contributed by atoms with E-state index < -0.39 is 5.97 Å². The van der Waals surface area contributed by atoms with Gasteiger partial charge in [-0.25, -0.2) is 19.2 Å². The molecule has 1 aromatic heterocycles. The highest BCUT2D eigenvalue weighted by atomic mass is 19.1. The number of carboxylic acids is 1. The zero-order valence-electron chi connectivity index (χ0n) is 12.3. The minimum atomic E-state index is -1.12. The first-order chi connectivity index (χ1) is 10.5. The zero-order chi connectivity index (χ0) is 16.1. The third-order valence-electron chi connectivity index (χ3n) is 3.20. The van der Waals surface area contributed by atoms with Crippen LogP contribution in [-0.2, 0) is 0 Å². The summed E-state index contributed by atoms with van der Waals surface area (Å²) in [5.41, 5.74) is 0.729. The maximum Gasteiger partial charge on any atom is 0.356 e. The van der Waals surface area contributed by atoms with Crippen molar-refractivity contribution in [3.63, 3.8) is 0 Å². The molecule has 0 saturated carbocycles. The molecule has 1 aromatic carbocycles. The number of carboxylic acid groups (broad SMARTS) is 1. The molecule has 0 aliphatic carbocycles. The van der Waals surface area contributed by atoms with Crippen LogP contribution in [0.15, 0.2) is 36.7 Å². The number of nitrogens with one attached hydrogen (secondary N) is 1. The monoisotopic (exact) mass is 304 g/mol. The normalized spacial score (nSPS) is 12.2. The second kappa shape index (κ2) is 6.95. The quantitative estimate of drug-likeness (QED) is 0.850. The van der Waals surface area contributed by atoms with Crippen molar-refractivity contribution < 1.29 is 14.3 Å². The molecule has 0 saturated heterocycles. The van der Waals surface area contributed by atoms with Crippen LogP contribution in [0, 0.1) is 5.82 Å². The average molecular weight is 304 g/mol. The lowest BCUT2D eigenvalue weighted by Crippen LogP contribution is -2.27.